The normalized spacial score (nSPS) is 10.3. The number of benzene rings is 1. The Labute approximate surface area is 94.6 Å². The number of rotatable bonds is 3. The van der Waals surface area contributed by atoms with Crippen molar-refractivity contribution in [2.24, 2.45) is 0 Å². The van der Waals surface area contributed by atoms with E-state index in [4.69, 9.17) is 0 Å². The summed E-state index contributed by atoms with van der Waals surface area (Å²) in [5, 5.41) is 1.05. The number of para-hydroxylation sites is 1. The molecule has 2 heteroatoms. The van der Waals surface area contributed by atoms with Crippen LogP contribution in [0, 0.1) is 0 Å². The molecule has 1 heterocycles. The molecule has 0 spiro atoms. The van der Waals surface area contributed by atoms with Crippen molar-refractivity contribution in [3.63, 3.8) is 0 Å². The number of allylic oxidation sites excluding steroid dienone is 1. The fraction of sp³-hybridized carbons (Fsp3) is 0.143. The van der Waals surface area contributed by atoms with Gasteiger partial charge in [-0.3, -0.25) is 4.79 Å². The Bertz CT molecular complexity index is 557. The van der Waals surface area contributed by atoms with Gasteiger partial charge in [-0.1, -0.05) is 36.4 Å². The van der Waals surface area contributed by atoms with Crippen LogP contribution in [-0.4, -0.2) is 10.8 Å². The van der Waals surface area contributed by atoms with Crippen LogP contribution in [0.1, 0.15) is 23.8 Å². The topological polar surface area (TPSA) is 30.0 Å². The maximum Gasteiger partial charge on any atom is 0.185 e. The molecular weight excluding hydrogens is 198 g/mol. The summed E-state index contributed by atoms with van der Waals surface area (Å²) in [7, 11) is 0. The third-order valence-corrected chi connectivity index (χ3v) is 2.35. The highest BCUT2D eigenvalue weighted by atomic mass is 16.1. The predicted octanol–water partition coefficient (Wildman–Crippen LogP) is 3.38. The van der Waals surface area contributed by atoms with Crippen molar-refractivity contribution < 1.29 is 4.79 Å². The van der Waals surface area contributed by atoms with E-state index in [0.717, 1.165) is 16.5 Å². The maximum atomic E-state index is 11.8. The third-order valence-electron chi connectivity index (χ3n) is 2.35. The van der Waals surface area contributed by atoms with Gasteiger partial charge in [-0.05, 0) is 19.1 Å². The van der Waals surface area contributed by atoms with Crippen LogP contribution in [0.5, 0.6) is 0 Å². The largest absolute Gasteiger partial charge is 0.292 e. The molecule has 0 aliphatic rings. The molecule has 0 unspecified atom stereocenters. The van der Waals surface area contributed by atoms with E-state index < -0.39 is 0 Å². The Morgan fingerprint density at radius 3 is 2.75 bits per heavy atom. The fourth-order valence-corrected chi connectivity index (χ4v) is 1.59. The molecule has 0 atom stereocenters. The minimum Gasteiger partial charge on any atom is -0.292 e. The highest BCUT2D eigenvalue weighted by Crippen LogP contribution is 2.13. The molecule has 0 bridgehead atoms. The Morgan fingerprint density at radius 2 is 2.00 bits per heavy atom. The molecule has 0 N–H and O–H groups in total. The molecule has 2 aromatic rings. The van der Waals surface area contributed by atoms with Gasteiger partial charge >= 0.3 is 0 Å². The van der Waals surface area contributed by atoms with Crippen LogP contribution in [0.4, 0.5) is 0 Å². The first-order chi connectivity index (χ1) is 7.66. The van der Waals surface area contributed by atoms with E-state index in [0.29, 0.717) is 12.1 Å². The molecule has 0 saturated carbocycles. The number of hydrogen-bond donors (Lipinski definition) is 0. The van der Waals surface area contributed by atoms with E-state index in [9.17, 15) is 4.79 Å². The lowest BCUT2D eigenvalue weighted by molar-refractivity contribution is 0.0989. The Kier molecular flexibility index (Phi) is 2.82. The minimum absolute atomic E-state index is 0.0262. The lowest BCUT2D eigenvalue weighted by Gasteiger charge is -2.02. The summed E-state index contributed by atoms with van der Waals surface area (Å²) in [6, 6.07) is 11.5. The zero-order chi connectivity index (χ0) is 11.5. The second kappa shape index (κ2) is 4.27. The zero-order valence-corrected chi connectivity index (χ0v) is 9.23. The Balaban J connectivity index is 2.39. The first kappa shape index (κ1) is 10.6. The molecule has 2 nitrogen and oxygen atoms in total. The third kappa shape index (κ3) is 2.16. The quantitative estimate of drug-likeness (QED) is 0.575. The van der Waals surface area contributed by atoms with E-state index in [2.05, 4.69) is 11.6 Å². The van der Waals surface area contributed by atoms with Crippen molar-refractivity contribution in [3.05, 3.63) is 54.2 Å². The first-order valence-electron chi connectivity index (χ1n) is 5.20. The molecule has 0 radical (unpaired) electrons. The van der Waals surface area contributed by atoms with Crippen molar-refractivity contribution in [1.82, 2.24) is 4.98 Å². The minimum atomic E-state index is 0.0262. The highest BCUT2D eigenvalue weighted by molar-refractivity contribution is 5.97. The molecule has 0 fully saturated rings. The van der Waals surface area contributed by atoms with Crippen molar-refractivity contribution >= 4 is 16.7 Å². The van der Waals surface area contributed by atoms with Crippen LogP contribution < -0.4 is 0 Å². The molecule has 80 valence electrons. The average molecular weight is 211 g/mol. The zero-order valence-electron chi connectivity index (χ0n) is 9.23. The summed E-state index contributed by atoms with van der Waals surface area (Å²) >= 11 is 0. The summed E-state index contributed by atoms with van der Waals surface area (Å²) < 4.78 is 0. The number of carbonyl (C=O) groups excluding carboxylic acids is 1. The van der Waals surface area contributed by atoms with Gasteiger partial charge in [-0.25, -0.2) is 4.98 Å². The van der Waals surface area contributed by atoms with Gasteiger partial charge in [0, 0.05) is 11.8 Å². The van der Waals surface area contributed by atoms with Crippen LogP contribution >= 0.6 is 0 Å². The van der Waals surface area contributed by atoms with Crippen molar-refractivity contribution in [2.45, 2.75) is 13.3 Å². The van der Waals surface area contributed by atoms with Gasteiger partial charge in [0.25, 0.3) is 0 Å². The molecule has 0 aliphatic heterocycles. The molecule has 0 saturated heterocycles. The predicted molar refractivity (Wildman–Crippen MR) is 65.5 cm³/mol. The molecule has 0 aliphatic carbocycles. The number of nitrogens with zero attached hydrogens (tertiary/aromatic N) is 1. The van der Waals surface area contributed by atoms with Gasteiger partial charge in [0.1, 0.15) is 5.69 Å². The van der Waals surface area contributed by atoms with Gasteiger partial charge in [0.05, 0.1) is 5.52 Å². The second-order valence-electron chi connectivity index (χ2n) is 3.95. The summed E-state index contributed by atoms with van der Waals surface area (Å²) in [4.78, 5) is 16.1. The lowest BCUT2D eigenvalue weighted by Crippen LogP contribution is -2.02. The average Bonchev–Trinajstić information content (AvgIpc) is 2.27. The molecule has 16 heavy (non-hydrogen) atoms. The highest BCUT2D eigenvalue weighted by Gasteiger charge is 2.07. The number of carbonyl (C=O) groups is 1. The number of aromatic nitrogens is 1. The molecular formula is C14H13NO. The smallest absolute Gasteiger partial charge is 0.185 e. The van der Waals surface area contributed by atoms with Crippen LogP contribution in [-0.2, 0) is 0 Å². The van der Waals surface area contributed by atoms with Gasteiger partial charge in [0.15, 0.2) is 5.78 Å². The lowest BCUT2D eigenvalue weighted by atomic mass is 10.1. The van der Waals surface area contributed by atoms with Crippen LogP contribution in [0.2, 0.25) is 0 Å². The fourth-order valence-electron chi connectivity index (χ4n) is 1.59. The van der Waals surface area contributed by atoms with Crippen molar-refractivity contribution in [3.8, 4) is 0 Å². The van der Waals surface area contributed by atoms with E-state index in [-0.39, 0.29) is 5.78 Å². The number of Topliss-reactive ketones (excluding diaryl/α,β-unsaturated/α-hetero) is 1. The van der Waals surface area contributed by atoms with E-state index in [1.54, 1.807) is 6.07 Å². The Morgan fingerprint density at radius 1 is 1.25 bits per heavy atom. The summed E-state index contributed by atoms with van der Waals surface area (Å²) in [6.45, 7) is 5.58. The van der Waals surface area contributed by atoms with E-state index >= 15 is 0 Å². The summed E-state index contributed by atoms with van der Waals surface area (Å²) in [5.74, 6) is 0.0262. The Hall–Kier alpha value is -1.96. The van der Waals surface area contributed by atoms with Gasteiger partial charge in [-0.2, -0.15) is 0 Å². The maximum absolute atomic E-state index is 11.8. The molecule has 1 aromatic carbocycles. The molecule has 0 amide bonds. The number of fused-ring (bicyclic) bond motifs is 1. The number of ketones is 1. The summed E-state index contributed by atoms with van der Waals surface area (Å²) in [6.07, 6.45) is 0.366. The van der Waals surface area contributed by atoms with Gasteiger partial charge in [0.2, 0.25) is 0 Å². The van der Waals surface area contributed by atoms with Crippen LogP contribution in [0.15, 0.2) is 48.6 Å². The van der Waals surface area contributed by atoms with Crippen LogP contribution in [0.3, 0.4) is 0 Å². The standard InChI is InChI=1S/C14H13NO/c1-10(2)9-14(16)13-8-7-11-5-3-4-6-12(11)15-13/h3-8H,1,9H2,2H3. The van der Waals surface area contributed by atoms with E-state index in [1.165, 1.54) is 0 Å². The summed E-state index contributed by atoms with van der Waals surface area (Å²) in [5.41, 5.74) is 2.23. The second-order valence-corrected chi connectivity index (χ2v) is 3.95. The number of pyridine rings is 1. The van der Waals surface area contributed by atoms with Gasteiger partial charge in [-0.15, -0.1) is 0 Å². The van der Waals surface area contributed by atoms with Crippen LogP contribution in [0.25, 0.3) is 10.9 Å². The SMILES string of the molecule is C=C(C)CC(=O)c1ccc2ccccc2n1. The van der Waals surface area contributed by atoms with E-state index in [1.807, 2.05) is 37.3 Å². The first-order valence-corrected chi connectivity index (χ1v) is 5.20. The molecule has 1 aromatic heterocycles. The molecule has 2 rings (SSSR count). The van der Waals surface area contributed by atoms with Crippen molar-refractivity contribution in [1.29, 1.82) is 0 Å². The monoisotopic (exact) mass is 211 g/mol. The number of hydrogen-bond acceptors (Lipinski definition) is 2. The van der Waals surface area contributed by atoms with Crippen molar-refractivity contribution in [2.75, 3.05) is 0 Å². The van der Waals surface area contributed by atoms with Gasteiger partial charge < -0.3 is 0 Å².